The van der Waals surface area contributed by atoms with E-state index in [1.165, 1.54) is 12.1 Å². The van der Waals surface area contributed by atoms with E-state index in [1.807, 2.05) is 35.7 Å². The zero-order valence-corrected chi connectivity index (χ0v) is 13.0. The van der Waals surface area contributed by atoms with Crippen molar-refractivity contribution in [2.24, 2.45) is 0 Å². The number of carbonyl (C=O) groups excluding carboxylic acids is 1. The molecule has 0 aliphatic rings. The van der Waals surface area contributed by atoms with Crippen molar-refractivity contribution in [2.45, 2.75) is 17.7 Å². The van der Waals surface area contributed by atoms with Gasteiger partial charge in [-0.2, -0.15) is 5.26 Å². The molecule has 0 spiro atoms. The molecule has 1 N–H and O–H groups in total. The minimum atomic E-state index is -0.579. The van der Waals surface area contributed by atoms with Gasteiger partial charge in [-0.1, -0.05) is 30.3 Å². The molecule has 0 bridgehead atoms. The number of carbonyl (C=O) groups is 1. The zero-order valence-electron chi connectivity index (χ0n) is 12.2. The van der Waals surface area contributed by atoms with Crippen LogP contribution in [0, 0.1) is 20.8 Å². The Kier molecular flexibility index (Phi) is 5.33. The number of hydrogen-bond acceptors (Lipinski definition) is 5. The molecule has 116 valence electrons. The summed E-state index contributed by atoms with van der Waals surface area (Å²) in [6.07, 6.45) is 0. The van der Waals surface area contributed by atoms with E-state index in [0.717, 1.165) is 17.3 Å². The maximum Gasteiger partial charge on any atom is 0.293 e. The zero-order chi connectivity index (χ0) is 16.8. The molecule has 0 aliphatic carbocycles. The van der Waals surface area contributed by atoms with Gasteiger partial charge in [0.1, 0.15) is 11.1 Å². The van der Waals surface area contributed by atoms with Crippen LogP contribution in [-0.4, -0.2) is 10.8 Å². The molecule has 1 amide bonds. The van der Waals surface area contributed by atoms with E-state index in [1.54, 1.807) is 13.0 Å². The molecule has 0 saturated heterocycles. The molecule has 2 aromatic carbocycles. The predicted octanol–water partition coefficient (Wildman–Crippen LogP) is 3.91. The van der Waals surface area contributed by atoms with E-state index in [-0.39, 0.29) is 17.3 Å². The molecule has 2 aromatic rings. The van der Waals surface area contributed by atoms with Gasteiger partial charge in [-0.05, 0) is 36.4 Å². The van der Waals surface area contributed by atoms with Gasteiger partial charge >= 0.3 is 0 Å². The monoisotopic (exact) mass is 327 g/mol. The third-order valence-corrected chi connectivity index (χ3v) is 3.86. The smallest absolute Gasteiger partial charge is 0.293 e. The minimum Gasteiger partial charge on any atom is -0.320 e. The highest BCUT2D eigenvalue weighted by Crippen LogP contribution is 2.30. The second-order valence-electron chi connectivity index (χ2n) is 4.75. The average molecular weight is 327 g/mol. The Bertz CT molecular complexity index is 772. The number of benzene rings is 2. The van der Waals surface area contributed by atoms with Crippen molar-refractivity contribution < 1.29 is 9.72 Å². The normalized spacial score (nSPS) is 11.3. The van der Waals surface area contributed by atoms with E-state index >= 15 is 0 Å². The fraction of sp³-hybridized carbons (Fsp3) is 0.125. The maximum atomic E-state index is 12.3. The van der Waals surface area contributed by atoms with Crippen LogP contribution in [0.4, 0.5) is 11.4 Å². The van der Waals surface area contributed by atoms with Crippen molar-refractivity contribution in [3.8, 4) is 5.40 Å². The molecular formula is C16H13N3O3S. The number of thioether (sulfide) groups is 1. The van der Waals surface area contributed by atoms with E-state index in [0.29, 0.717) is 4.90 Å². The highest BCUT2D eigenvalue weighted by atomic mass is 32.2. The molecule has 7 heteroatoms. The van der Waals surface area contributed by atoms with Crippen LogP contribution in [0.15, 0.2) is 53.4 Å². The molecule has 0 saturated carbocycles. The number of nitro benzene ring substituents is 1. The Hall–Kier alpha value is -2.85. The highest BCUT2D eigenvalue weighted by Gasteiger charge is 2.20. The summed E-state index contributed by atoms with van der Waals surface area (Å²) < 4.78 is 0. The number of nitrogens with zero attached hydrogens (tertiary/aromatic N) is 2. The van der Waals surface area contributed by atoms with Gasteiger partial charge in [-0.15, -0.1) is 0 Å². The third kappa shape index (κ3) is 4.08. The van der Waals surface area contributed by atoms with Crippen LogP contribution in [0.25, 0.3) is 0 Å². The van der Waals surface area contributed by atoms with Crippen molar-refractivity contribution in [3.05, 3.63) is 64.2 Å². The van der Waals surface area contributed by atoms with Crippen molar-refractivity contribution >= 4 is 29.0 Å². The number of amides is 1. The average Bonchev–Trinajstić information content (AvgIpc) is 2.56. The number of nitro groups is 1. The quantitative estimate of drug-likeness (QED) is 0.389. The SMILES string of the molecule is C[C@H](C(=O)Nc1ccc(SC#N)cc1[N+](=O)[O-])c1ccccc1. The molecule has 0 radical (unpaired) electrons. The molecule has 1 atom stereocenters. The molecule has 6 nitrogen and oxygen atoms in total. The summed E-state index contributed by atoms with van der Waals surface area (Å²) in [5, 5.41) is 24.2. The van der Waals surface area contributed by atoms with Gasteiger partial charge < -0.3 is 5.32 Å². The Morgan fingerprint density at radius 2 is 2.00 bits per heavy atom. The number of anilines is 1. The van der Waals surface area contributed by atoms with Gasteiger partial charge in [0.05, 0.1) is 10.8 Å². The number of hydrogen-bond donors (Lipinski definition) is 1. The number of nitriles is 1. The first-order valence-electron chi connectivity index (χ1n) is 6.73. The van der Waals surface area contributed by atoms with Gasteiger partial charge in [-0.25, -0.2) is 0 Å². The molecule has 23 heavy (non-hydrogen) atoms. The van der Waals surface area contributed by atoms with E-state index in [9.17, 15) is 14.9 Å². The van der Waals surface area contributed by atoms with Gasteiger partial charge in [0.2, 0.25) is 5.91 Å². The van der Waals surface area contributed by atoms with Crippen molar-refractivity contribution in [2.75, 3.05) is 5.32 Å². The molecule has 0 heterocycles. The number of rotatable bonds is 5. The largest absolute Gasteiger partial charge is 0.320 e. The highest BCUT2D eigenvalue weighted by molar-refractivity contribution is 8.03. The van der Waals surface area contributed by atoms with Crippen molar-refractivity contribution in [3.63, 3.8) is 0 Å². The first-order valence-corrected chi connectivity index (χ1v) is 7.54. The second-order valence-corrected chi connectivity index (χ2v) is 5.61. The van der Waals surface area contributed by atoms with E-state index in [2.05, 4.69) is 5.32 Å². The predicted molar refractivity (Wildman–Crippen MR) is 88.1 cm³/mol. The van der Waals surface area contributed by atoms with Gasteiger partial charge in [-0.3, -0.25) is 14.9 Å². The van der Waals surface area contributed by atoms with Crippen LogP contribution in [0.5, 0.6) is 0 Å². The third-order valence-electron chi connectivity index (χ3n) is 3.28. The topological polar surface area (TPSA) is 96.0 Å². The lowest BCUT2D eigenvalue weighted by molar-refractivity contribution is -0.384. The molecule has 0 aromatic heterocycles. The Morgan fingerprint density at radius 3 is 2.61 bits per heavy atom. The fourth-order valence-corrected chi connectivity index (χ4v) is 2.43. The summed E-state index contributed by atoms with van der Waals surface area (Å²) in [6.45, 7) is 1.73. The standard InChI is InChI=1S/C16H13N3O3S/c1-11(12-5-3-2-4-6-12)16(20)18-14-8-7-13(23-10-17)9-15(14)19(21)22/h2-9,11H,1H3,(H,18,20)/t11-/m0/s1. The van der Waals surface area contributed by atoms with Crippen LogP contribution in [0.3, 0.4) is 0 Å². The summed E-state index contributed by atoms with van der Waals surface area (Å²) in [5.41, 5.74) is 0.702. The van der Waals surface area contributed by atoms with Gasteiger partial charge in [0.15, 0.2) is 0 Å². The Balaban J connectivity index is 2.24. The van der Waals surface area contributed by atoms with Crippen LogP contribution in [0.1, 0.15) is 18.4 Å². The maximum absolute atomic E-state index is 12.3. The molecule has 0 aliphatic heterocycles. The van der Waals surface area contributed by atoms with Gasteiger partial charge in [0.25, 0.3) is 5.69 Å². The summed E-state index contributed by atoms with van der Waals surface area (Å²) >= 11 is 0.826. The summed E-state index contributed by atoms with van der Waals surface area (Å²) in [5.74, 6) is -0.774. The molecule has 0 fully saturated rings. The molecule has 0 unspecified atom stereocenters. The second kappa shape index (κ2) is 7.42. The van der Waals surface area contributed by atoms with E-state index in [4.69, 9.17) is 5.26 Å². The van der Waals surface area contributed by atoms with Crippen LogP contribution in [-0.2, 0) is 4.79 Å². The van der Waals surface area contributed by atoms with Gasteiger partial charge in [0, 0.05) is 11.0 Å². The number of thiocyanates is 1. The van der Waals surface area contributed by atoms with Crippen LogP contribution < -0.4 is 5.32 Å². The fourth-order valence-electron chi connectivity index (χ4n) is 2.02. The molecular weight excluding hydrogens is 314 g/mol. The van der Waals surface area contributed by atoms with E-state index < -0.39 is 10.8 Å². The first-order chi connectivity index (χ1) is 11.0. The van der Waals surface area contributed by atoms with Crippen LogP contribution >= 0.6 is 11.8 Å². The Labute approximate surface area is 137 Å². The van der Waals surface area contributed by atoms with Crippen molar-refractivity contribution in [1.82, 2.24) is 0 Å². The van der Waals surface area contributed by atoms with Crippen LogP contribution in [0.2, 0.25) is 0 Å². The number of nitrogens with one attached hydrogen (secondary N) is 1. The molecule has 2 rings (SSSR count). The van der Waals surface area contributed by atoms with Crippen molar-refractivity contribution in [1.29, 1.82) is 5.26 Å². The lowest BCUT2D eigenvalue weighted by Crippen LogP contribution is -2.19. The minimum absolute atomic E-state index is 0.116. The first kappa shape index (κ1) is 16.5. The lowest BCUT2D eigenvalue weighted by Gasteiger charge is -2.13. The summed E-state index contributed by atoms with van der Waals surface area (Å²) in [4.78, 5) is 23.3. The summed E-state index contributed by atoms with van der Waals surface area (Å²) in [7, 11) is 0. The lowest BCUT2D eigenvalue weighted by atomic mass is 10.0. The Morgan fingerprint density at radius 1 is 1.30 bits per heavy atom. The summed E-state index contributed by atoms with van der Waals surface area (Å²) in [6, 6.07) is 13.4.